The number of fused-ring (bicyclic) bond motifs is 2. The lowest BCUT2D eigenvalue weighted by Gasteiger charge is -2.41. The molecule has 0 spiro atoms. The summed E-state index contributed by atoms with van der Waals surface area (Å²) in [6.07, 6.45) is 0.639. The van der Waals surface area contributed by atoms with E-state index in [1.54, 1.807) is 0 Å². The molecule has 0 saturated carbocycles. The van der Waals surface area contributed by atoms with Crippen LogP contribution in [0.3, 0.4) is 0 Å². The molecule has 1 unspecified atom stereocenters. The minimum atomic E-state index is -0.291. The largest absolute Gasteiger partial charge is 0.493 e. The minimum absolute atomic E-state index is 0.0383. The highest BCUT2D eigenvalue weighted by Gasteiger charge is 2.36. The van der Waals surface area contributed by atoms with Crippen LogP contribution in [0.2, 0.25) is 0 Å². The molecule has 0 fully saturated rings. The smallest absolute Gasteiger partial charge is 0.258 e. The highest BCUT2D eigenvalue weighted by molar-refractivity contribution is 6.02. The topological polar surface area (TPSA) is 41.6 Å². The molecule has 1 amide bonds. The standard InChI is InChI=1S/C24H26N2O2/c1-4-15-28-21-14-13-17-9-5-6-10-18(17)22(21)23-25-20-12-8-7-11-19(20)24(27)26(23)16(2)3/h5-14,16,23,25H,4,15H2,1-3H3. The molecule has 1 heterocycles. The maximum atomic E-state index is 13.3. The first-order valence-corrected chi connectivity index (χ1v) is 9.94. The van der Waals surface area contributed by atoms with Crippen molar-refractivity contribution >= 4 is 22.4 Å². The number of anilines is 1. The van der Waals surface area contributed by atoms with Crippen molar-refractivity contribution in [3.05, 3.63) is 71.8 Å². The molecule has 1 aliphatic rings. The number of benzene rings is 3. The van der Waals surface area contributed by atoms with Gasteiger partial charge in [0.2, 0.25) is 0 Å². The average molecular weight is 374 g/mol. The second kappa shape index (κ2) is 7.55. The molecule has 1 aliphatic heterocycles. The number of para-hydroxylation sites is 1. The number of nitrogens with zero attached hydrogens (tertiary/aromatic N) is 1. The number of amides is 1. The van der Waals surface area contributed by atoms with Crippen molar-refractivity contribution in [3.63, 3.8) is 0 Å². The van der Waals surface area contributed by atoms with E-state index in [4.69, 9.17) is 4.74 Å². The molecule has 28 heavy (non-hydrogen) atoms. The molecule has 3 aromatic rings. The average Bonchev–Trinajstić information content (AvgIpc) is 2.71. The summed E-state index contributed by atoms with van der Waals surface area (Å²) in [5.74, 6) is 0.875. The second-order valence-electron chi connectivity index (χ2n) is 7.45. The summed E-state index contributed by atoms with van der Waals surface area (Å²) < 4.78 is 6.12. The third kappa shape index (κ3) is 3.09. The number of hydrogen-bond donors (Lipinski definition) is 1. The zero-order valence-electron chi connectivity index (χ0n) is 16.6. The zero-order chi connectivity index (χ0) is 19.7. The lowest BCUT2D eigenvalue weighted by Crippen LogP contribution is -2.46. The van der Waals surface area contributed by atoms with Crippen LogP contribution >= 0.6 is 0 Å². The number of carbonyl (C=O) groups is 1. The Morgan fingerprint density at radius 2 is 1.79 bits per heavy atom. The van der Waals surface area contributed by atoms with Crippen LogP contribution in [-0.2, 0) is 0 Å². The summed E-state index contributed by atoms with van der Waals surface area (Å²) in [5.41, 5.74) is 2.59. The van der Waals surface area contributed by atoms with Crippen LogP contribution in [0.5, 0.6) is 5.75 Å². The highest BCUT2D eigenvalue weighted by Crippen LogP contribution is 2.41. The molecule has 0 aliphatic carbocycles. The third-order valence-electron chi connectivity index (χ3n) is 5.18. The SMILES string of the molecule is CCCOc1ccc2ccccc2c1C1Nc2ccccc2C(=O)N1C(C)C. The van der Waals surface area contributed by atoms with Crippen molar-refractivity contribution in [1.29, 1.82) is 0 Å². The fraction of sp³-hybridized carbons (Fsp3) is 0.292. The lowest BCUT2D eigenvalue weighted by atomic mass is 9.96. The molecule has 4 heteroatoms. The van der Waals surface area contributed by atoms with Gasteiger partial charge in [0.1, 0.15) is 11.9 Å². The Kier molecular flexibility index (Phi) is 4.95. The molecule has 0 aromatic heterocycles. The summed E-state index contributed by atoms with van der Waals surface area (Å²) in [7, 11) is 0. The van der Waals surface area contributed by atoms with Crippen LogP contribution in [-0.4, -0.2) is 23.5 Å². The molecule has 1 N–H and O–H groups in total. The van der Waals surface area contributed by atoms with Crippen LogP contribution in [0.15, 0.2) is 60.7 Å². The van der Waals surface area contributed by atoms with E-state index in [2.05, 4.69) is 44.3 Å². The first-order valence-electron chi connectivity index (χ1n) is 9.94. The van der Waals surface area contributed by atoms with Gasteiger partial charge < -0.3 is 15.0 Å². The number of hydrogen-bond acceptors (Lipinski definition) is 3. The van der Waals surface area contributed by atoms with Crippen LogP contribution in [0.4, 0.5) is 5.69 Å². The van der Waals surface area contributed by atoms with Crippen molar-refractivity contribution < 1.29 is 9.53 Å². The van der Waals surface area contributed by atoms with Crippen molar-refractivity contribution in [1.82, 2.24) is 4.90 Å². The van der Waals surface area contributed by atoms with Gasteiger partial charge >= 0.3 is 0 Å². The van der Waals surface area contributed by atoms with E-state index in [1.165, 1.54) is 0 Å². The molecule has 0 radical (unpaired) electrons. The van der Waals surface area contributed by atoms with Crippen LogP contribution in [0.1, 0.15) is 49.3 Å². The Morgan fingerprint density at radius 3 is 2.57 bits per heavy atom. The van der Waals surface area contributed by atoms with E-state index in [9.17, 15) is 4.79 Å². The van der Waals surface area contributed by atoms with Gasteiger partial charge in [-0.2, -0.15) is 0 Å². The van der Waals surface area contributed by atoms with Gasteiger partial charge in [-0.25, -0.2) is 0 Å². The quantitative estimate of drug-likeness (QED) is 0.632. The molecule has 144 valence electrons. The first kappa shape index (κ1) is 18.4. The Bertz CT molecular complexity index is 1010. The summed E-state index contributed by atoms with van der Waals surface area (Å²) in [6.45, 7) is 6.85. The van der Waals surface area contributed by atoms with E-state index in [0.29, 0.717) is 12.2 Å². The highest BCUT2D eigenvalue weighted by atomic mass is 16.5. The maximum absolute atomic E-state index is 13.3. The van der Waals surface area contributed by atoms with Crippen LogP contribution < -0.4 is 10.1 Å². The summed E-state index contributed by atoms with van der Waals surface area (Å²) in [6, 6.07) is 20.1. The Balaban J connectivity index is 1.93. The number of ether oxygens (including phenoxy) is 1. The normalized spacial score (nSPS) is 16.2. The van der Waals surface area contributed by atoms with E-state index in [-0.39, 0.29) is 18.1 Å². The van der Waals surface area contributed by atoms with Gasteiger partial charge in [0, 0.05) is 17.3 Å². The van der Waals surface area contributed by atoms with Gasteiger partial charge in [0.05, 0.1) is 12.2 Å². The molecule has 4 rings (SSSR count). The van der Waals surface area contributed by atoms with Gasteiger partial charge in [-0.05, 0) is 49.2 Å². The van der Waals surface area contributed by atoms with Gasteiger partial charge in [-0.3, -0.25) is 4.79 Å². The molecular formula is C24H26N2O2. The van der Waals surface area contributed by atoms with Crippen LogP contribution in [0, 0.1) is 0 Å². The van der Waals surface area contributed by atoms with E-state index < -0.39 is 0 Å². The van der Waals surface area contributed by atoms with Crippen molar-refractivity contribution in [2.24, 2.45) is 0 Å². The Morgan fingerprint density at radius 1 is 1.04 bits per heavy atom. The van der Waals surface area contributed by atoms with Gasteiger partial charge in [0.25, 0.3) is 5.91 Å². The van der Waals surface area contributed by atoms with Crippen molar-refractivity contribution in [2.45, 2.75) is 39.4 Å². The minimum Gasteiger partial charge on any atom is -0.493 e. The summed E-state index contributed by atoms with van der Waals surface area (Å²) in [5, 5.41) is 5.85. The molecule has 4 nitrogen and oxygen atoms in total. The van der Waals surface area contributed by atoms with Crippen molar-refractivity contribution in [3.8, 4) is 5.75 Å². The first-order chi connectivity index (χ1) is 13.6. The fourth-order valence-corrected chi connectivity index (χ4v) is 3.91. The predicted molar refractivity (Wildman–Crippen MR) is 114 cm³/mol. The summed E-state index contributed by atoms with van der Waals surface area (Å²) in [4.78, 5) is 15.3. The van der Waals surface area contributed by atoms with E-state index in [1.807, 2.05) is 47.4 Å². The fourth-order valence-electron chi connectivity index (χ4n) is 3.91. The molecule has 1 atom stereocenters. The van der Waals surface area contributed by atoms with E-state index in [0.717, 1.165) is 34.2 Å². The molecule has 3 aromatic carbocycles. The Labute approximate surface area is 166 Å². The second-order valence-corrected chi connectivity index (χ2v) is 7.45. The van der Waals surface area contributed by atoms with Gasteiger partial charge in [-0.15, -0.1) is 0 Å². The predicted octanol–water partition coefficient (Wildman–Crippen LogP) is 5.60. The summed E-state index contributed by atoms with van der Waals surface area (Å²) >= 11 is 0. The molecule has 0 saturated heterocycles. The maximum Gasteiger partial charge on any atom is 0.258 e. The number of carbonyl (C=O) groups excluding carboxylic acids is 1. The van der Waals surface area contributed by atoms with Gasteiger partial charge in [-0.1, -0.05) is 49.4 Å². The van der Waals surface area contributed by atoms with Crippen molar-refractivity contribution in [2.75, 3.05) is 11.9 Å². The third-order valence-corrected chi connectivity index (χ3v) is 5.18. The monoisotopic (exact) mass is 374 g/mol. The lowest BCUT2D eigenvalue weighted by molar-refractivity contribution is 0.0615. The van der Waals surface area contributed by atoms with Gasteiger partial charge in [0.15, 0.2) is 0 Å². The molecule has 0 bridgehead atoms. The van der Waals surface area contributed by atoms with E-state index >= 15 is 0 Å². The zero-order valence-corrected chi connectivity index (χ0v) is 16.6. The van der Waals surface area contributed by atoms with Crippen LogP contribution in [0.25, 0.3) is 10.8 Å². The Hall–Kier alpha value is -3.01. The molecular weight excluding hydrogens is 348 g/mol. The number of rotatable bonds is 5. The number of nitrogens with one attached hydrogen (secondary N) is 1.